The zero-order chi connectivity index (χ0) is 13.5. The van der Waals surface area contributed by atoms with Crippen molar-refractivity contribution in [1.29, 1.82) is 0 Å². The van der Waals surface area contributed by atoms with Crippen molar-refractivity contribution in [3.63, 3.8) is 0 Å². The molecule has 0 aromatic heterocycles. The molecule has 0 radical (unpaired) electrons. The molecule has 0 amide bonds. The second-order valence-electron chi connectivity index (χ2n) is 4.08. The van der Waals surface area contributed by atoms with Gasteiger partial charge in [0.15, 0.2) is 11.5 Å². The predicted molar refractivity (Wildman–Crippen MR) is 64.0 cm³/mol. The molecule has 1 aromatic rings. The normalized spacial score (nSPS) is 11.9. The molecular formula is C13H19NO4. The first kappa shape index (κ1) is 14.3. The standard InChI is InChI=1S/C13H19NO4/c1-17-11-7-6-9(8-12(11)18-2)10(14)4-3-5-13(15)16/h6-8,10H,3-5,14H2,1-2H3,(H,15,16)/t10-/m1/s1. The fourth-order valence-corrected chi connectivity index (χ4v) is 1.77. The molecular weight excluding hydrogens is 234 g/mol. The summed E-state index contributed by atoms with van der Waals surface area (Å²) in [6, 6.07) is 5.64. The van der Waals surface area contributed by atoms with Crippen LogP contribution in [0, 0.1) is 0 Å². The third kappa shape index (κ3) is 3.92. The maximum atomic E-state index is 10.3. The minimum Gasteiger partial charge on any atom is -0.550 e. The minimum absolute atomic E-state index is 0.0316. The van der Waals surface area contributed by atoms with Gasteiger partial charge in [-0.25, -0.2) is 0 Å². The molecule has 0 aliphatic heterocycles. The molecule has 0 bridgehead atoms. The van der Waals surface area contributed by atoms with Crippen molar-refractivity contribution >= 4 is 5.97 Å². The van der Waals surface area contributed by atoms with Crippen molar-refractivity contribution in [2.24, 2.45) is 0 Å². The number of hydrogen-bond donors (Lipinski definition) is 1. The van der Waals surface area contributed by atoms with Gasteiger partial charge in [0.25, 0.3) is 0 Å². The van der Waals surface area contributed by atoms with Gasteiger partial charge >= 0.3 is 0 Å². The SMILES string of the molecule is COc1ccc([C@H]([NH3+])CCCC(=O)[O-])cc1OC. The second-order valence-corrected chi connectivity index (χ2v) is 4.08. The Labute approximate surface area is 107 Å². The van der Waals surface area contributed by atoms with Gasteiger partial charge in [0.2, 0.25) is 0 Å². The molecule has 0 unspecified atom stereocenters. The molecule has 100 valence electrons. The lowest BCUT2D eigenvalue weighted by Crippen LogP contribution is -2.53. The van der Waals surface area contributed by atoms with Crippen LogP contribution in [0.1, 0.15) is 30.9 Å². The van der Waals surface area contributed by atoms with E-state index in [1.54, 1.807) is 14.2 Å². The number of methoxy groups -OCH3 is 2. The van der Waals surface area contributed by atoms with Crippen LogP contribution < -0.4 is 20.3 Å². The van der Waals surface area contributed by atoms with Gasteiger partial charge in [-0.3, -0.25) is 0 Å². The Kier molecular flexibility index (Phi) is 5.45. The van der Waals surface area contributed by atoms with Crippen molar-refractivity contribution in [1.82, 2.24) is 0 Å². The Morgan fingerprint density at radius 2 is 2.00 bits per heavy atom. The summed E-state index contributed by atoms with van der Waals surface area (Å²) >= 11 is 0. The minimum atomic E-state index is -1.02. The van der Waals surface area contributed by atoms with E-state index in [1.807, 2.05) is 18.2 Å². The summed E-state index contributed by atoms with van der Waals surface area (Å²) in [6.45, 7) is 0. The van der Waals surface area contributed by atoms with Crippen LogP contribution in [0.5, 0.6) is 11.5 Å². The molecule has 0 aliphatic rings. The first-order valence-corrected chi connectivity index (χ1v) is 5.83. The van der Waals surface area contributed by atoms with E-state index < -0.39 is 5.97 Å². The number of rotatable bonds is 7. The fourth-order valence-electron chi connectivity index (χ4n) is 1.77. The summed E-state index contributed by atoms with van der Waals surface area (Å²) in [6.07, 6.45) is 1.33. The lowest BCUT2D eigenvalue weighted by atomic mass is 10.0. The van der Waals surface area contributed by atoms with Crippen LogP contribution in [0.2, 0.25) is 0 Å². The topological polar surface area (TPSA) is 86.2 Å². The molecule has 0 fully saturated rings. The van der Waals surface area contributed by atoms with E-state index in [4.69, 9.17) is 9.47 Å². The Balaban J connectivity index is 2.67. The van der Waals surface area contributed by atoms with Crippen LogP contribution in [0.4, 0.5) is 0 Å². The number of carbonyl (C=O) groups excluding carboxylic acids is 1. The van der Waals surface area contributed by atoms with Gasteiger partial charge in [-0.05, 0) is 31.0 Å². The maximum Gasteiger partial charge on any atom is 0.161 e. The maximum absolute atomic E-state index is 10.3. The van der Waals surface area contributed by atoms with Crippen LogP contribution in [0.15, 0.2) is 18.2 Å². The molecule has 1 rings (SSSR count). The molecule has 3 N–H and O–H groups in total. The molecule has 0 saturated heterocycles. The highest BCUT2D eigenvalue weighted by atomic mass is 16.5. The fraction of sp³-hybridized carbons (Fsp3) is 0.462. The Bertz CT molecular complexity index is 406. The van der Waals surface area contributed by atoms with Gasteiger partial charge in [0, 0.05) is 18.0 Å². The van der Waals surface area contributed by atoms with E-state index in [9.17, 15) is 9.90 Å². The second kappa shape index (κ2) is 6.86. The number of hydrogen-bond acceptors (Lipinski definition) is 4. The zero-order valence-corrected chi connectivity index (χ0v) is 10.8. The van der Waals surface area contributed by atoms with E-state index in [-0.39, 0.29) is 12.5 Å². The van der Waals surface area contributed by atoms with Crippen molar-refractivity contribution in [2.75, 3.05) is 14.2 Å². The number of quaternary nitrogens is 1. The quantitative estimate of drug-likeness (QED) is 0.735. The number of aliphatic carboxylic acids is 1. The van der Waals surface area contributed by atoms with Gasteiger partial charge in [0.1, 0.15) is 6.04 Å². The molecule has 1 atom stereocenters. The van der Waals surface area contributed by atoms with E-state index in [0.717, 1.165) is 5.56 Å². The first-order valence-electron chi connectivity index (χ1n) is 5.83. The van der Waals surface area contributed by atoms with Crippen LogP contribution in [-0.4, -0.2) is 20.2 Å². The van der Waals surface area contributed by atoms with Crippen molar-refractivity contribution in [3.8, 4) is 11.5 Å². The van der Waals surface area contributed by atoms with Crippen LogP contribution >= 0.6 is 0 Å². The Morgan fingerprint density at radius 3 is 2.56 bits per heavy atom. The summed E-state index contributed by atoms with van der Waals surface area (Å²) < 4.78 is 10.4. The van der Waals surface area contributed by atoms with Gasteiger partial charge in [-0.15, -0.1) is 0 Å². The average molecular weight is 253 g/mol. The number of carbonyl (C=O) groups is 1. The smallest absolute Gasteiger partial charge is 0.161 e. The van der Waals surface area contributed by atoms with Gasteiger partial charge < -0.3 is 25.1 Å². The summed E-state index contributed by atoms with van der Waals surface area (Å²) in [5.74, 6) is 0.307. The van der Waals surface area contributed by atoms with E-state index in [2.05, 4.69) is 5.73 Å². The highest BCUT2D eigenvalue weighted by molar-refractivity contribution is 5.64. The number of carboxylic acid groups (broad SMARTS) is 1. The van der Waals surface area contributed by atoms with Gasteiger partial charge in [-0.2, -0.15) is 0 Å². The first-order chi connectivity index (χ1) is 8.58. The summed E-state index contributed by atoms with van der Waals surface area (Å²) in [4.78, 5) is 10.3. The van der Waals surface area contributed by atoms with Gasteiger partial charge in [0.05, 0.1) is 14.2 Å². The molecule has 5 nitrogen and oxygen atoms in total. The summed E-state index contributed by atoms with van der Waals surface area (Å²) in [5, 5.41) is 10.3. The molecule has 0 saturated carbocycles. The third-order valence-corrected chi connectivity index (χ3v) is 2.81. The molecule has 1 aromatic carbocycles. The summed E-state index contributed by atoms with van der Waals surface area (Å²) in [5.41, 5.74) is 5.03. The molecule has 0 aliphatic carbocycles. The summed E-state index contributed by atoms with van der Waals surface area (Å²) in [7, 11) is 3.16. The Morgan fingerprint density at radius 1 is 1.33 bits per heavy atom. The largest absolute Gasteiger partial charge is 0.550 e. The average Bonchev–Trinajstić information content (AvgIpc) is 2.37. The highest BCUT2D eigenvalue weighted by Gasteiger charge is 2.13. The molecule has 5 heteroatoms. The monoisotopic (exact) mass is 253 g/mol. The lowest BCUT2D eigenvalue weighted by molar-refractivity contribution is -0.428. The lowest BCUT2D eigenvalue weighted by Gasteiger charge is -2.13. The molecule has 0 spiro atoms. The van der Waals surface area contributed by atoms with Crippen LogP contribution in [0.25, 0.3) is 0 Å². The predicted octanol–water partition coefficient (Wildman–Crippen LogP) is -0.0930. The van der Waals surface area contributed by atoms with Crippen molar-refractivity contribution in [2.45, 2.75) is 25.3 Å². The zero-order valence-electron chi connectivity index (χ0n) is 10.8. The number of ether oxygens (including phenoxy) is 2. The molecule has 18 heavy (non-hydrogen) atoms. The number of benzene rings is 1. The van der Waals surface area contributed by atoms with E-state index >= 15 is 0 Å². The van der Waals surface area contributed by atoms with E-state index in [1.165, 1.54) is 0 Å². The van der Waals surface area contributed by atoms with Crippen LogP contribution in [-0.2, 0) is 4.79 Å². The van der Waals surface area contributed by atoms with Gasteiger partial charge in [-0.1, -0.05) is 0 Å². The van der Waals surface area contributed by atoms with Crippen molar-refractivity contribution in [3.05, 3.63) is 23.8 Å². The number of carboxylic acids is 1. The van der Waals surface area contributed by atoms with Crippen molar-refractivity contribution < 1.29 is 25.1 Å². The Hall–Kier alpha value is -1.75. The third-order valence-electron chi connectivity index (χ3n) is 2.81. The molecule has 0 heterocycles. The highest BCUT2D eigenvalue weighted by Crippen LogP contribution is 2.30. The van der Waals surface area contributed by atoms with E-state index in [0.29, 0.717) is 24.3 Å². The van der Waals surface area contributed by atoms with Crippen LogP contribution in [0.3, 0.4) is 0 Å².